The molecule has 0 aliphatic heterocycles. The lowest BCUT2D eigenvalue weighted by Gasteiger charge is -2.13. The van der Waals surface area contributed by atoms with Crippen molar-refractivity contribution in [3.8, 4) is 0 Å². The van der Waals surface area contributed by atoms with Crippen molar-refractivity contribution in [1.82, 2.24) is 9.97 Å². The number of hydrogen-bond donors (Lipinski definition) is 1. The van der Waals surface area contributed by atoms with Crippen molar-refractivity contribution in [1.29, 1.82) is 0 Å². The number of carbonyl (C=O) groups excluding carboxylic acids is 1. The van der Waals surface area contributed by atoms with Gasteiger partial charge in [-0.25, -0.2) is 9.78 Å². The summed E-state index contributed by atoms with van der Waals surface area (Å²) < 4.78 is 4.81. The number of carbonyl (C=O) groups is 1. The number of rotatable bonds is 3. The second kappa shape index (κ2) is 5.58. The van der Waals surface area contributed by atoms with Crippen molar-refractivity contribution < 1.29 is 9.53 Å². The number of aromatic nitrogens is 2. The molecule has 5 nitrogen and oxygen atoms in total. The first kappa shape index (κ1) is 13.1. The molecule has 0 fully saturated rings. The maximum atomic E-state index is 11.9. The van der Waals surface area contributed by atoms with Crippen molar-refractivity contribution in [2.24, 2.45) is 0 Å². The first-order valence-corrected chi connectivity index (χ1v) is 6.42. The molecule has 0 aliphatic carbocycles. The van der Waals surface area contributed by atoms with Crippen LogP contribution in [0.1, 0.15) is 10.5 Å². The van der Waals surface area contributed by atoms with Gasteiger partial charge < -0.3 is 10.1 Å². The molecule has 0 saturated carbocycles. The topological polar surface area (TPSA) is 64.1 Å². The zero-order valence-electron chi connectivity index (χ0n) is 11.4. The lowest BCUT2D eigenvalue weighted by atomic mass is 10.1. The molecule has 2 heterocycles. The van der Waals surface area contributed by atoms with E-state index in [-0.39, 0.29) is 5.69 Å². The maximum Gasteiger partial charge on any atom is 0.358 e. The Kier molecular flexibility index (Phi) is 3.47. The van der Waals surface area contributed by atoms with E-state index in [4.69, 9.17) is 4.74 Å². The SMILES string of the molecule is COC(=O)c1ncc2ccccc2c1Nc1ccncc1. The third-order valence-electron chi connectivity index (χ3n) is 3.13. The summed E-state index contributed by atoms with van der Waals surface area (Å²) in [6, 6.07) is 11.4. The van der Waals surface area contributed by atoms with E-state index in [2.05, 4.69) is 15.3 Å². The summed E-state index contributed by atoms with van der Waals surface area (Å²) in [7, 11) is 1.34. The van der Waals surface area contributed by atoms with Gasteiger partial charge >= 0.3 is 5.97 Å². The zero-order chi connectivity index (χ0) is 14.7. The van der Waals surface area contributed by atoms with E-state index >= 15 is 0 Å². The Morgan fingerprint density at radius 1 is 1.14 bits per heavy atom. The Labute approximate surface area is 121 Å². The highest BCUT2D eigenvalue weighted by Crippen LogP contribution is 2.29. The standard InChI is InChI=1S/C16H13N3O2/c1-21-16(20)15-14(19-12-6-8-17-9-7-12)13-5-3-2-4-11(13)10-18-15/h2-10H,1H3,(H,17,19). The predicted molar refractivity (Wildman–Crippen MR) is 80.6 cm³/mol. The van der Waals surface area contributed by atoms with Crippen molar-refractivity contribution in [3.63, 3.8) is 0 Å². The van der Waals surface area contributed by atoms with Gasteiger partial charge in [-0.2, -0.15) is 0 Å². The second-order valence-corrected chi connectivity index (χ2v) is 4.42. The van der Waals surface area contributed by atoms with Crippen molar-refractivity contribution in [3.05, 3.63) is 60.7 Å². The van der Waals surface area contributed by atoms with E-state index in [1.54, 1.807) is 18.6 Å². The van der Waals surface area contributed by atoms with Crippen LogP contribution in [-0.4, -0.2) is 23.0 Å². The van der Waals surface area contributed by atoms with Crippen LogP contribution in [0, 0.1) is 0 Å². The minimum atomic E-state index is -0.475. The molecule has 1 aromatic carbocycles. The van der Waals surface area contributed by atoms with Gasteiger partial charge in [-0.05, 0) is 12.1 Å². The number of nitrogens with one attached hydrogen (secondary N) is 1. The number of benzene rings is 1. The number of ether oxygens (including phenoxy) is 1. The van der Waals surface area contributed by atoms with Crippen LogP contribution in [-0.2, 0) is 4.74 Å². The van der Waals surface area contributed by atoms with Gasteiger partial charge in [0.2, 0.25) is 0 Å². The molecule has 21 heavy (non-hydrogen) atoms. The van der Waals surface area contributed by atoms with E-state index < -0.39 is 5.97 Å². The van der Waals surface area contributed by atoms with Gasteiger partial charge in [0.25, 0.3) is 0 Å². The van der Waals surface area contributed by atoms with Gasteiger partial charge in [0.05, 0.1) is 12.8 Å². The van der Waals surface area contributed by atoms with Gasteiger partial charge in [-0.3, -0.25) is 4.98 Å². The fraction of sp³-hybridized carbons (Fsp3) is 0.0625. The third kappa shape index (κ3) is 2.53. The highest BCUT2D eigenvalue weighted by molar-refractivity contribution is 6.05. The van der Waals surface area contributed by atoms with Gasteiger partial charge in [0, 0.05) is 35.1 Å². The maximum absolute atomic E-state index is 11.9. The summed E-state index contributed by atoms with van der Waals surface area (Å²) in [5, 5.41) is 5.08. The Morgan fingerprint density at radius 3 is 2.67 bits per heavy atom. The van der Waals surface area contributed by atoms with E-state index in [1.807, 2.05) is 36.4 Å². The third-order valence-corrected chi connectivity index (χ3v) is 3.13. The summed E-state index contributed by atoms with van der Waals surface area (Å²) in [6.07, 6.45) is 5.02. The molecule has 0 saturated heterocycles. The van der Waals surface area contributed by atoms with Gasteiger partial charge in [-0.1, -0.05) is 24.3 Å². The van der Waals surface area contributed by atoms with Gasteiger partial charge in [0.15, 0.2) is 5.69 Å². The Morgan fingerprint density at radius 2 is 1.90 bits per heavy atom. The first-order chi connectivity index (χ1) is 10.3. The number of methoxy groups -OCH3 is 1. The molecular formula is C16H13N3O2. The summed E-state index contributed by atoms with van der Waals surface area (Å²) >= 11 is 0. The number of fused-ring (bicyclic) bond motifs is 1. The van der Waals surface area contributed by atoms with Crippen LogP contribution in [0.15, 0.2) is 55.0 Å². The summed E-state index contributed by atoms with van der Waals surface area (Å²) in [6.45, 7) is 0. The second-order valence-electron chi connectivity index (χ2n) is 4.42. The lowest BCUT2D eigenvalue weighted by molar-refractivity contribution is 0.0595. The lowest BCUT2D eigenvalue weighted by Crippen LogP contribution is -2.08. The number of esters is 1. The number of nitrogens with zero attached hydrogens (tertiary/aromatic N) is 2. The van der Waals surface area contributed by atoms with Crippen LogP contribution in [0.4, 0.5) is 11.4 Å². The smallest absolute Gasteiger partial charge is 0.358 e. The van der Waals surface area contributed by atoms with Crippen molar-refractivity contribution >= 4 is 28.1 Å². The van der Waals surface area contributed by atoms with E-state index in [1.165, 1.54) is 7.11 Å². The number of hydrogen-bond acceptors (Lipinski definition) is 5. The molecule has 2 aromatic heterocycles. The highest BCUT2D eigenvalue weighted by atomic mass is 16.5. The molecule has 0 spiro atoms. The molecule has 1 N–H and O–H groups in total. The first-order valence-electron chi connectivity index (χ1n) is 6.42. The molecular weight excluding hydrogens is 266 g/mol. The average Bonchev–Trinajstić information content (AvgIpc) is 2.55. The summed E-state index contributed by atoms with van der Waals surface area (Å²) in [5.41, 5.74) is 1.72. The fourth-order valence-electron chi connectivity index (χ4n) is 2.12. The predicted octanol–water partition coefficient (Wildman–Crippen LogP) is 3.16. The average molecular weight is 279 g/mol. The molecule has 0 aliphatic rings. The Balaban J connectivity index is 2.18. The van der Waals surface area contributed by atoms with Crippen LogP contribution in [0.5, 0.6) is 0 Å². The normalized spacial score (nSPS) is 10.3. The fourth-order valence-corrected chi connectivity index (χ4v) is 2.12. The van der Waals surface area contributed by atoms with Crippen LogP contribution in [0.3, 0.4) is 0 Å². The van der Waals surface area contributed by atoms with Crippen LogP contribution in [0.2, 0.25) is 0 Å². The molecule has 0 unspecified atom stereocenters. The molecule has 0 radical (unpaired) electrons. The molecule has 3 rings (SSSR count). The molecule has 104 valence electrons. The van der Waals surface area contributed by atoms with Crippen molar-refractivity contribution in [2.75, 3.05) is 12.4 Å². The van der Waals surface area contributed by atoms with E-state index in [9.17, 15) is 4.79 Å². The van der Waals surface area contributed by atoms with E-state index in [0.29, 0.717) is 5.69 Å². The Hall–Kier alpha value is -2.95. The van der Waals surface area contributed by atoms with Crippen molar-refractivity contribution in [2.45, 2.75) is 0 Å². The summed E-state index contributed by atoms with van der Waals surface area (Å²) in [5.74, 6) is -0.475. The van der Waals surface area contributed by atoms with Crippen LogP contribution < -0.4 is 5.32 Å². The molecule has 0 atom stereocenters. The minimum Gasteiger partial charge on any atom is -0.464 e. The highest BCUT2D eigenvalue weighted by Gasteiger charge is 2.16. The minimum absolute atomic E-state index is 0.257. The van der Waals surface area contributed by atoms with Gasteiger partial charge in [0.1, 0.15) is 0 Å². The molecule has 3 aromatic rings. The number of anilines is 2. The van der Waals surface area contributed by atoms with Crippen LogP contribution in [0.25, 0.3) is 10.8 Å². The summed E-state index contributed by atoms with van der Waals surface area (Å²) in [4.78, 5) is 20.1. The van der Waals surface area contributed by atoms with E-state index in [0.717, 1.165) is 16.5 Å². The molecule has 0 bridgehead atoms. The quantitative estimate of drug-likeness (QED) is 0.746. The van der Waals surface area contributed by atoms with Crippen LogP contribution >= 0.6 is 0 Å². The van der Waals surface area contributed by atoms with Gasteiger partial charge in [-0.15, -0.1) is 0 Å². The molecule has 5 heteroatoms. The largest absolute Gasteiger partial charge is 0.464 e. The zero-order valence-corrected chi connectivity index (χ0v) is 11.4. The Bertz CT molecular complexity index is 788. The molecule has 0 amide bonds. The number of pyridine rings is 2. The monoisotopic (exact) mass is 279 g/mol.